The topological polar surface area (TPSA) is 164 Å². The van der Waals surface area contributed by atoms with Crippen LogP contribution < -0.4 is 15.8 Å². The van der Waals surface area contributed by atoms with Crippen LogP contribution in [-0.4, -0.2) is 54.7 Å². The van der Waals surface area contributed by atoms with Crippen LogP contribution >= 0.6 is 23.2 Å². The molecule has 5 N–H and O–H groups in total. The van der Waals surface area contributed by atoms with E-state index in [2.05, 4.69) is 20.3 Å². The lowest BCUT2D eigenvalue weighted by atomic mass is 10.1. The van der Waals surface area contributed by atoms with Crippen molar-refractivity contribution in [3.8, 4) is 11.8 Å². The third kappa shape index (κ3) is 4.98. The highest BCUT2D eigenvalue weighted by molar-refractivity contribution is 6.42. The molecule has 5 rings (SSSR count). The zero-order valence-corrected chi connectivity index (χ0v) is 20.6. The van der Waals surface area contributed by atoms with E-state index in [1.54, 1.807) is 36.4 Å². The Morgan fingerprint density at radius 1 is 1.11 bits per heavy atom. The minimum Gasteiger partial charge on any atom is -0.491 e. The van der Waals surface area contributed by atoms with Gasteiger partial charge in [-0.25, -0.2) is 15.0 Å². The molecule has 0 aliphatic carbocycles. The molecule has 1 saturated heterocycles. The van der Waals surface area contributed by atoms with Crippen LogP contribution in [0.15, 0.2) is 48.8 Å². The number of nitrogens with zero attached hydrogens (tertiary/aromatic N) is 5. The Morgan fingerprint density at radius 2 is 1.89 bits per heavy atom. The minimum absolute atomic E-state index is 0.0452. The fourth-order valence-corrected chi connectivity index (χ4v) is 4.33. The molecule has 0 saturated carbocycles. The molecule has 11 nitrogen and oxygen atoms in total. The quantitative estimate of drug-likeness (QED) is 0.273. The highest BCUT2D eigenvalue weighted by atomic mass is 35.5. The summed E-state index contributed by atoms with van der Waals surface area (Å²) in [4.78, 5) is 12.8. The van der Waals surface area contributed by atoms with Gasteiger partial charge in [-0.2, -0.15) is 5.26 Å². The zero-order valence-electron chi connectivity index (χ0n) is 19.1. The van der Waals surface area contributed by atoms with Gasteiger partial charge in [-0.1, -0.05) is 29.3 Å². The van der Waals surface area contributed by atoms with E-state index in [0.717, 1.165) is 5.56 Å². The number of nitriles is 1. The number of benzene rings is 2. The maximum Gasteiger partial charge on any atom is 0.207 e. The number of nitrogens with two attached hydrogens (primary N) is 1. The second kappa shape index (κ2) is 10.4. The van der Waals surface area contributed by atoms with Gasteiger partial charge in [0.15, 0.2) is 23.2 Å². The van der Waals surface area contributed by atoms with Crippen molar-refractivity contribution in [2.24, 2.45) is 0 Å². The smallest absolute Gasteiger partial charge is 0.207 e. The molecule has 37 heavy (non-hydrogen) atoms. The third-order valence-corrected chi connectivity index (χ3v) is 6.67. The van der Waals surface area contributed by atoms with Crippen molar-refractivity contribution in [2.45, 2.75) is 31.1 Å². The molecule has 3 heterocycles. The molecule has 1 aliphatic rings. The van der Waals surface area contributed by atoms with E-state index in [1.165, 1.54) is 10.9 Å². The van der Waals surface area contributed by atoms with Crippen molar-refractivity contribution in [3.63, 3.8) is 0 Å². The first-order chi connectivity index (χ1) is 17.9. The van der Waals surface area contributed by atoms with Gasteiger partial charge in [0.2, 0.25) is 5.95 Å². The first kappa shape index (κ1) is 25.0. The molecule has 2 aromatic heterocycles. The highest BCUT2D eigenvalue weighted by Gasteiger charge is 2.45. The molecule has 0 unspecified atom stereocenters. The predicted octanol–water partition coefficient (Wildman–Crippen LogP) is 2.90. The molecule has 190 valence electrons. The number of anilines is 2. The molecular weight excluding hydrogens is 521 g/mol. The number of nitrogens with one attached hydrogen (secondary N) is 1. The molecule has 13 heteroatoms. The largest absolute Gasteiger partial charge is 0.491 e. The zero-order chi connectivity index (χ0) is 26.1. The number of aromatic nitrogens is 4. The van der Waals surface area contributed by atoms with Gasteiger partial charge in [0.05, 0.1) is 21.7 Å². The SMILES string of the molecule is N#Cc1ccc(OC[C@H]2O[C@@H](n3c(NCc4ccc(Cl)c(Cl)c4)nc4c(N)ncnc43)[C@H](O)[C@@H]2O)cc1. The van der Waals surface area contributed by atoms with Crippen LogP contribution in [0.3, 0.4) is 0 Å². The van der Waals surface area contributed by atoms with Crippen LogP contribution in [0.2, 0.25) is 10.0 Å². The van der Waals surface area contributed by atoms with E-state index >= 15 is 0 Å². The average molecular weight is 542 g/mol. The van der Waals surface area contributed by atoms with Crippen molar-refractivity contribution in [2.75, 3.05) is 17.7 Å². The van der Waals surface area contributed by atoms with Gasteiger partial charge in [0, 0.05) is 6.54 Å². The van der Waals surface area contributed by atoms with Gasteiger partial charge in [-0.3, -0.25) is 4.57 Å². The fraction of sp³-hybridized carbons (Fsp3) is 0.250. The Hall–Kier alpha value is -3.66. The second-order valence-corrected chi connectivity index (χ2v) is 9.15. The molecule has 1 aliphatic heterocycles. The number of ether oxygens (including phenoxy) is 2. The van der Waals surface area contributed by atoms with Gasteiger partial charge < -0.3 is 30.7 Å². The first-order valence-corrected chi connectivity index (χ1v) is 11.9. The van der Waals surface area contributed by atoms with E-state index in [9.17, 15) is 10.2 Å². The Labute approximate surface area is 221 Å². The number of imidazole rings is 1. The van der Waals surface area contributed by atoms with Crippen LogP contribution in [0.1, 0.15) is 17.4 Å². The number of hydrogen-bond acceptors (Lipinski definition) is 10. The molecule has 2 aromatic carbocycles. The monoisotopic (exact) mass is 541 g/mol. The van der Waals surface area contributed by atoms with Crippen molar-refractivity contribution in [1.29, 1.82) is 5.26 Å². The average Bonchev–Trinajstić information content (AvgIpc) is 3.41. The lowest BCUT2D eigenvalue weighted by Gasteiger charge is -2.20. The number of rotatable bonds is 7. The van der Waals surface area contributed by atoms with E-state index in [0.29, 0.717) is 39.1 Å². The van der Waals surface area contributed by atoms with Gasteiger partial charge >= 0.3 is 0 Å². The van der Waals surface area contributed by atoms with Crippen molar-refractivity contribution in [3.05, 3.63) is 70.0 Å². The van der Waals surface area contributed by atoms with Gasteiger partial charge in [-0.15, -0.1) is 0 Å². The van der Waals surface area contributed by atoms with E-state index < -0.39 is 24.5 Å². The summed E-state index contributed by atoms with van der Waals surface area (Å²) in [5, 5.41) is 34.6. The normalized spacial score (nSPS) is 21.2. The summed E-state index contributed by atoms with van der Waals surface area (Å²) in [6.07, 6.45) is -3.23. The molecule has 0 radical (unpaired) electrons. The number of fused-ring (bicyclic) bond motifs is 1. The second-order valence-electron chi connectivity index (χ2n) is 8.33. The van der Waals surface area contributed by atoms with Crippen molar-refractivity contribution in [1.82, 2.24) is 19.5 Å². The molecule has 1 fully saturated rings. The Bertz CT molecular complexity index is 1470. The Morgan fingerprint density at radius 3 is 2.62 bits per heavy atom. The van der Waals surface area contributed by atoms with Gasteiger partial charge in [0.25, 0.3) is 0 Å². The molecular formula is C24H21Cl2N7O4. The molecule has 0 bridgehead atoms. The number of halogens is 2. The van der Waals surface area contributed by atoms with E-state index in [1.807, 2.05) is 12.1 Å². The van der Waals surface area contributed by atoms with Crippen molar-refractivity contribution < 1.29 is 19.7 Å². The van der Waals surface area contributed by atoms with Crippen LogP contribution in [0.4, 0.5) is 11.8 Å². The predicted molar refractivity (Wildman–Crippen MR) is 136 cm³/mol. The summed E-state index contributed by atoms with van der Waals surface area (Å²) in [6.45, 7) is 0.264. The van der Waals surface area contributed by atoms with Crippen LogP contribution in [0.25, 0.3) is 11.2 Å². The summed E-state index contributed by atoms with van der Waals surface area (Å²) in [7, 11) is 0. The molecule has 0 amide bonds. The molecule has 4 atom stereocenters. The fourth-order valence-electron chi connectivity index (χ4n) is 4.01. The van der Waals surface area contributed by atoms with E-state index in [-0.39, 0.29) is 18.4 Å². The number of nitrogen functional groups attached to an aromatic ring is 1. The number of aliphatic hydroxyl groups is 2. The number of aliphatic hydroxyl groups excluding tert-OH is 2. The standard InChI is InChI=1S/C24H21Cl2N7O4/c25-15-6-3-13(7-16(15)26)9-29-24-32-18-21(28)30-11-31-22(18)33(24)23-20(35)19(34)17(37-23)10-36-14-4-1-12(8-27)2-5-14/h1-7,11,17,19-20,23,34-35H,9-10H2,(H,29,32)(H2,28,30,31)/t17-,19-,20-,23-/m1/s1. The molecule has 0 spiro atoms. The van der Waals surface area contributed by atoms with Crippen LogP contribution in [-0.2, 0) is 11.3 Å². The maximum absolute atomic E-state index is 10.9. The van der Waals surface area contributed by atoms with Crippen LogP contribution in [0.5, 0.6) is 5.75 Å². The van der Waals surface area contributed by atoms with Crippen molar-refractivity contribution >= 4 is 46.1 Å². The maximum atomic E-state index is 10.9. The highest BCUT2D eigenvalue weighted by Crippen LogP contribution is 2.36. The lowest BCUT2D eigenvalue weighted by molar-refractivity contribution is -0.0464. The molecule has 4 aromatic rings. The van der Waals surface area contributed by atoms with Crippen LogP contribution in [0, 0.1) is 11.3 Å². The Kier molecular flexibility index (Phi) is 7.01. The summed E-state index contributed by atoms with van der Waals surface area (Å²) in [5.74, 6) is 0.929. The minimum atomic E-state index is -1.33. The van der Waals surface area contributed by atoms with E-state index in [4.69, 9.17) is 43.7 Å². The Balaban J connectivity index is 1.40. The van der Waals surface area contributed by atoms with Gasteiger partial charge in [0.1, 0.15) is 37.0 Å². The summed E-state index contributed by atoms with van der Waals surface area (Å²) in [6, 6.07) is 13.8. The summed E-state index contributed by atoms with van der Waals surface area (Å²) < 4.78 is 13.3. The summed E-state index contributed by atoms with van der Waals surface area (Å²) in [5.41, 5.74) is 7.97. The third-order valence-electron chi connectivity index (χ3n) is 5.93. The summed E-state index contributed by atoms with van der Waals surface area (Å²) >= 11 is 12.1. The van der Waals surface area contributed by atoms with Gasteiger partial charge in [-0.05, 0) is 42.0 Å². The first-order valence-electron chi connectivity index (χ1n) is 11.2. The number of hydrogen-bond donors (Lipinski definition) is 4. The lowest BCUT2D eigenvalue weighted by Crippen LogP contribution is -2.34.